The van der Waals surface area contributed by atoms with Gasteiger partial charge in [0, 0.05) is 0 Å². The van der Waals surface area contributed by atoms with Crippen molar-refractivity contribution in [2.24, 2.45) is 17.8 Å². The molecule has 2 aliphatic carbocycles. The molecule has 0 amide bonds. The maximum atomic E-state index is 13.9. The highest BCUT2D eigenvalue weighted by Crippen LogP contribution is 2.40. The molecule has 0 heterocycles. The summed E-state index contributed by atoms with van der Waals surface area (Å²) >= 11 is 0. The Bertz CT molecular complexity index is 653. The van der Waals surface area contributed by atoms with Gasteiger partial charge in [0.05, 0.1) is 0 Å². The third-order valence-electron chi connectivity index (χ3n) is 7.65. The monoisotopic (exact) mass is 401 g/mol. The first-order chi connectivity index (χ1) is 14.1. The number of hydrogen-bond acceptors (Lipinski definition) is 1. The van der Waals surface area contributed by atoms with Gasteiger partial charge in [-0.3, -0.25) is 0 Å². The Morgan fingerprint density at radius 3 is 1.69 bits per heavy atom. The van der Waals surface area contributed by atoms with Crippen molar-refractivity contribution >= 4 is 0 Å². The molecule has 0 aromatic heterocycles. The minimum atomic E-state index is -0.714. The van der Waals surface area contributed by atoms with E-state index in [2.05, 4.69) is 6.92 Å². The van der Waals surface area contributed by atoms with Crippen molar-refractivity contribution in [3.05, 3.63) is 34.9 Å². The fourth-order valence-electron chi connectivity index (χ4n) is 5.72. The fraction of sp³-hybridized carbons (Fsp3) is 0.731. The first-order valence-corrected chi connectivity index (χ1v) is 12.0. The zero-order valence-corrected chi connectivity index (χ0v) is 18.1. The lowest BCUT2D eigenvalue weighted by atomic mass is 9.75. The summed E-state index contributed by atoms with van der Waals surface area (Å²) in [5.74, 6) is 1.54. The largest absolute Gasteiger partial charge is 0.205 e. The van der Waals surface area contributed by atoms with E-state index in [1.165, 1.54) is 76.3 Å². The Labute approximate surface area is 175 Å². The second-order valence-corrected chi connectivity index (χ2v) is 9.65. The molecular weight excluding hydrogens is 364 g/mol. The zero-order chi connectivity index (χ0) is 20.6. The van der Waals surface area contributed by atoms with Crippen LogP contribution in [0, 0.1) is 40.7 Å². The molecular formula is C26H37F2N. The van der Waals surface area contributed by atoms with Crippen molar-refractivity contribution in [2.45, 2.75) is 103 Å². The summed E-state index contributed by atoms with van der Waals surface area (Å²) in [7, 11) is 0. The summed E-state index contributed by atoms with van der Waals surface area (Å²) in [6.07, 6.45) is 18.4. The van der Waals surface area contributed by atoms with Gasteiger partial charge in [0.25, 0.3) is 0 Å². The molecule has 2 saturated carbocycles. The van der Waals surface area contributed by atoms with Gasteiger partial charge < -0.3 is 0 Å². The fourth-order valence-corrected chi connectivity index (χ4v) is 5.72. The van der Waals surface area contributed by atoms with Gasteiger partial charge in [-0.15, -0.1) is 0 Å². The molecule has 1 aromatic rings. The highest BCUT2D eigenvalue weighted by Gasteiger charge is 2.25. The van der Waals surface area contributed by atoms with Crippen LogP contribution in [0.4, 0.5) is 8.78 Å². The van der Waals surface area contributed by atoms with E-state index in [-0.39, 0.29) is 5.92 Å². The van der Waals surface area contributed by atoms with Gasteiger partial charge in [-0.05, 0) is 67.1 Å². The van der Waals surface area contributed by atoms with Crippen molar-refractivity contribution in [1.29, 1.82) is 5.26 Å². The van der Waals surface area contributed by atoms with Crippen LogP contribution in [0.2, 0.25) is 0 Å². The third-order valence-corrected chi connectivity index (χ3v) is 7.65. The Balaban J connectivity index is 1.35. The van der Waals surface area contributed by atoms with Crippen LogP contribution in [0.5, 0.6) is 0 Å². The van der Waals surface area contributed by atoms with Crippen molar-refractivity contribution in [1.82, 2.24) is 0 Å². The molecule has 29 heavy (non-hydrogen) atoms. The molecule has 1 nitrogen and oxygen atoms in total. The van der Waals surface area contributed by atoms with Gasteiger partial charge in [-0.1, -0.05) is 71.1 Å². The standard InChI is InChI=1S/C26H37F2N/c1-2-3-5-19-8-10-20(11-9-19)6-4-7-21-12-14-22(15-13-21)23-16-25(27)24(18-29)26(28)17-23/h16-17,19-22H,2-15H2,1H3. The summed E-state index contributed by atoms with van der Waals surface area (Å²) in [6, 6.07) is 4.37. The number of nitrogens with zero attached hydrogens (tertiary/aromatic N) is 1. The smallest absolute Gasteiger partial charge is 0.144 e. The van der Waals surface area contributed by atoms with E-state index in [1.807, 2.05) is 0 Å². The SMILES string of the molecule is CCCCC1CCC(CCCC2CCC(c3cc(F)c(C#N)c(F)c3)CC2)CC1. The minimum Gasteiger partial charge on any atom is -0.205 e. The Kier molecular flexibility index (Phi) is 8.52. The van der Waals surface area contributed by atoms with Gasteiger partial charge in [0.1, 0.15) is 23.3 Å². The molecule has 1 aromatic carbocycles. The summed E-state index contributed by atoms with van der Waals surface area (Å²) in [5, 5.41) is 8.83. The lowest BCUT2D eigenvalue weighted by Crippen LogP contribution is -2.16. The first kappa shape index (κ1) is 22.3. The van der Waals surface area contributed by atoms with Crippen LogP contribution in [0.3, 0.4) is 0 Å². The molecule has 0 atom stereocenters. The molecule has 2 aliphatic rings. The molecule has 0 aliphatic heterocycles. The van der Waals surface area contributed by atoms with Crippen molar-refractivity contribution in [3.63, 3.8) is 0 Å². The zero-order valence-electron chi connectivity index (χ0n) is 18.1. The maximum Gasteiger partial charge on any atom is 0.144 e. The van der Waals surface area contributed by atoms with Crippen LogP contribution in [-0.4, -0.2) is 0 Å². The molecule has 3 rings (SSSR count). The lowest BCUT2D eigenvalue weighted by Gasteiger charge is -2.31. The predicted octanol–water partition coefficient (Wildman–Crippen LogP) is 8.28. The summed E-state index contributed by atoms with van der Waals surface area (Å²) < 4.78 is 27.8. The van der Waals surface area contributed by atoms with Crippen LogP contribution in [0.1, 0.15) is 114 Å². The summed E-state index contributed by atoms with van der Waals surface area (Å²) in [5.41, 5.74) is 0.277. The van der Waals surface area contributed by atoms with Gasteiger partial charge in [-0.25, -0.2) is 8.78 Å². The van der Waals surface area contributed by atoms with Crippen LogP contribution >= 0.6 is 0 Å². The van der Waals surface area contributed by atoms with Crippen molar-refractivity contribution < 1.29 is 8.78 Å². The molecule has 160 valence electrons. The van der Waals surface area contributed by atoms with Gasteiger partial charge in [0.15, 0.2) is 0 Å². The minimum absolute atomic E-state index is 0.237. The second-order valence-electron chi connectivity index (χ2n) is 9.65. The first-order valence-electron chi connectivity index (χ1n) is 12.0. The van der Waals surface area contributed by atoms with Crippen LogP contribution in [0.15, 0.2) is 12.1 Å². The maximum absolute atomic E-state index is 13.9. The number of benzene rings is 1. The number of rotatable bonds is 8. The molecule has 0 spiro atoms. The number of nitriles is 1. The Morgan fingerprint density at radius 2 is 1.24 bits per heavy atom. The van der Waals surface area contributed by atoms with Crippen molar-refractivity contribution in [3.8, 4) is 6.07 Å². The van der Waals surface area contributed by atoms with Gasteiger partial charge >= 0.3 is 0 Å². The second kappa shape index (κ2) is 11.1. The molecule has 0 unspecified atom stereocenters. The van der Waals surface area contributed by atoms with Crippen molar-refractivity contribution in [2.75, 3.05) is 0 Å². The predicted molar refractivity (Wildman–Crippen MR) is 115 cm³/mol. The molecule has 0 bridgehead atoms. The summed E-state index contributed by atoms with van der Waals surface area (Å²) in [6.45, 7) is 2.29. The van der Waals surface area contributed by atoms with Gasteiger partial charge in [-0.2, -0.15) is 5.26 Å². The van der Waals surface area contributed by atoms with E-state index in [0.29, 0.717) is 0 Å². The van der Waals surface area contributed by atoms with E-state index in [0.717, 1.165) is 49.0 Å². The van der Waals surface area contributed by atoms with E-state index in [9.17, 15) is 8.78 Å². The van der Waals surface area contributed by atoms with Crippen LogP contribution in [0.25, 0.3) is 0 Å². The van der Waals surface area contributed by atoms with Crippen LogP contribution < -0.4 is 0 Å². The Morgan fingerprint density at radius 1 is 0.793 bits per heavy atom. The van der Waals surface area contributed by atoms with E-state index < -0.39 is 17.2 Å². The average molecular weight is 402 g/mol. The molecule has 0 saturated heterocycles. The average Bonchev–Trinajstić information content (AvgIpc) is 2.73. The molecule has 0 radical (unpaired) electrons. The van der Waals surface area contributed by atoms with Crippen LogP contribution in [-0.2, 0) is 0 Å². The number of unbranched alkanes of at least 4 members (excludes halogenated alkanes) is 1. The molecule has 3 heteroatoms. The Hall–Kier alpha value is -1.43. The highest BCUT2D eigenvalue weighted by atomic mass is 19.1. The van der Waals surface area contributed by atoms with Gasteiger partial charge in [0.2, 0.25) is 0 Å². The lowest BCUT2D eigenvalue weighted by molar-refractivity contribution is 0.235. The normalized spacial score (nSPS) is 27.5. The van der Waals surface area contributed by atoms with E-state index >= 15 is 0 Å². The molecule has 0 N–H and O–H groups in total. The third kappa shape index (κ3) is 6.27. The van der Waals surface area contributed by atoms with E-state index in [4.69, 9.17) is 5.26 Å². The summed E-state index contributed by atoms with van der Waals surface area (Å²) in [4.78, 5) is 0. The number of hydrogen-bond donors (Lipinski definition) is 0. The highest BCUT2D eigenvalue weighted by molar-refractivity contribution is 5.36. The van der Waals surface area contributed by atoms with E-state index in [1.54, 1.807) is 6.07 Å². The molecule has 2 fully saturated rings. The topological polar surface area (TPSA) is 23.8 Å². The quantitative estimate of drug-likeness (QED) is 0.430. The number of halogens is 2.